The lowest BCUT2D eigenvalue weighted by molar-refractivity contribution is 1.09. The molecular weight excluding hydrogens is 330 g/mol. The van der Waals surface area contributed by atoms with Gasteiger partial charge in [-0.2, -0.15) is 0 Å². The van der Waals surface area contributed by atoms with Crippen LogP contribution in [0.4, 0.5) is 0 Å². The van der Waals surface area contributed by atoms with Gasteiger partial charge in [-0.25, -0.2) is 4.40 Å². The first-order valence-corrected chi connectivity index (χ1v) is 8.12. The van der Waals surface area contributed by atoms with Gasteiger partial charge >= 0.3 is 0 Å². The number of hydrogen-bond donors (Lipinski definition) is 0. The topological polar surface area (TPSA) is 47.3 Å². The van der Waals surface area contributed by atoms with Gasteiger partial charge in [0.2, 0.25) is 4.96 Å². The summed E-state index contributed by atoms with van der Waals surface area (Å²) >= 11 is 7.21. The Hall–Kier alpha value is -2.50. The van der Waals surface area contributed by atoms with Gasteiger partial charge in [0.15, 0.2) is 5.82 Å². The van der Waals surface area contributed by atoms with Crippen LogP contribution in [0, 0.1) is 0 Å². The fourth-order valence-corrected chi connectivity index (χ4v) is 3.39. The molecule has 0 radical (unpaired) electrons. The lowest BCUT2D eigenvalue weighted by atomic mass is 10.2. The van der Waals surface area contributed by atoms with Crippen LogP contribution in [0.15, 0.2) is 59.4 Å². The molecule has 6 heteroatoms. The largest absolute Gasteiger partial charge is 0.276 e. The Bertz CT molecular complexity index is 1080. The minimum absolute atomic E-state index is 0.108. The van der Waals surface area contributed by atoms with E-state index < -0.39 is 0 Å². The molecule has 4 nitrogen and oxygen atoms in total. The number of thiazole rings is 1. The highest BCUT2D eigenvalue weighted by Crippen LogP contribution is 2.17. The van der Waals surface area contributed by atoms with Gasteiger partial charge in [0.05, 0.1) is 4.53 Å². The summed E-state index contributed by atoms with van der Waals surface area (Å²) in [5.41, 5.74) is 1.68. The van der Waals surface area contributed by atoms with Gasteiger partial charge in [-0.05, 0) is 23.8 Å². The lowest BCUT2D eigenvalue weighted by Gasteiger charge is -1.95. The van der Waals surface area contributed by atoms with Crippen LogP contribution in [0.3, 0.4) is 0 Å². The van der Waals surface area contributed by atoms with Gasteiger partial charge < -0.3 is 0 Å². The van der Waals surface area contributed by atoms with E-state index in [0.29, 0.717) is 20.3 Å². The smallest absolute Gasteiger partial charge is 0.267 e. The van der Waals surface area contributed by atoms with E-state index in [9.17, 15) is 4.79 Å². The molecule has 0 amide bonds. The minimum Gasteiger partial charge on any atom is -0.267 e. The van der Waals surface area contributed by atoms with Gasteiger partial charge in [0.1, 0.15) is 0 Å². The van der Waals surface area contributed by atoms with Crippen molar-refractivity contribution in [1.82, 2.24) is 14.6 Å². The molecule has 0 aliphatic rings. The highest BCUT2D eigenvalue weighted by atomic mass is 35.5. The molecule has 0 aliphatic heterocycles. The fourth-order valence-electron chi connectivity index (χ4n) is 2.35. The monoisotopic (exact) mass is 339 g/mol. The van der Waals surface area contributed by atoms with Crippen LogP contribution in [-0.2, 0) is 0 Å². The summed E-state index contributed by atoms with van der Waals surface area (Å²) in [5, 5.41) is 8.93. The van der Waals surface area contributed by atoms with Crippen molar-refractivity contribution in [3.8, 4) is 11.4 Å². The number of fused-ring (bicyclic) bond motifs is 1. The van der Waals surface area contributed by atoms with Crippen LogP contribution < -0.4 is 10.1 Å². The summed E-state index contributed by atoms with van der Waals surface area (Å²) in [5.74, 6) is 0.567. The number of rotatable bonds is 2. The maximum atomic E-state index is 12.7. The third-order valence-electron chi connectivity index (χ3n) is 3.45. The second kappa shape index (κ2) is 5.61. The van der Waals surface area contributed by atoms with E-state index in [4.69, 9.17) is 11.6 Å². The van der Waals surface area contributed by atoms with Crippen molar-refractivity contribution in [2.75, 3.05) is 0 Å². The minimum atomic E-state index is -0.108. The summed E-state index contributed by atoms with van der Waals surface area (Å²) in [6, 6.07) is 16.9. The van der Waals surface area contributed by atoms with Gasteiger partial charge in [0, 0.05) is 10.6 Å². The number of halogens is 1. The summed E-state index contributed by atoms with van der Waals surface area (Å²) < 4.78 is 2.18. The molecule has 0 spiro atoms. The molecule has 0 atom stereocenters. The van der Waals surface area contributed by atoms with Crippen molar-refractivity contribution in [3.05, 3.63) is 80.1 Å². The first-order valence-electron chi connectivity index (χ1n) is 6.93. The molecule has 4 rings (SSSR count). The predicted octanol–water partition coefficient (Wildman–Crippen LogP) is 3.02. The zero-order valence-electron chi connectivity index (χ0n) is 11.8. The van der Waals surface area contributed by atoms with Crippen LogP contribution in [0.5, 0.6) is 0 Å². The second-order valence-electron chi connectivity index (χ2n) is 4.97. The van der Waals surface area contributed by atoms with Crippen LogP contribution in [0.25, 0.3) is 22.4 Å². The Morgan fingerprint density at radius 3 is 2.48 bits per heavy atom. The highest BCUT2D eigenvalue weighted by Gasteiger charge is 2.13. The second-order valence-corrected chi connectivity index (χ2v) is 6.42. The molecule has 0 saturated carbocycles. The quantitative estimate of drug-likeness (QED) is 0.564. The van der Waals surface area contributed by atoms with E-state index in [1.54, 1.807) is 16.5 Å². The summed E-state index contributed by atoms with van der Waals surface area (Å²) in [4.78, 5) is 13.3. The first-order chi connectivity index (χ1) is 11.2. The SMILES string of the molecule is O=c1c(=Cc2ccc(Cl)cc2)sc2nnc(-c3ccccc3)n12. The van der Waals surface area contributed by atoms with Crippen LogP contribution >= 0.6 is 22.9 Å². The Morgan fingerprint density at radius 1 is 1.00 bits per heavy atom. The third-order valence-corrected chi connectivity index (χ3v) is 4.66. The van der Waals surface area contributed by atoms with Crippen molar-refractivity contribution in [2.24, 2.45) is 0 Å². The molecule has 0 fully saturated rings. The van der Waals surface area contributed by atoms with E-state index in [-0.39, 0.29) is 5.56 Å². The van der Waals surface area contributed by atoms with Crippen LogP contribution in [0.1, 0.15) is 5.56 Å². The van der Waals surface area contributed by atoms with Crippen LogP contribution in [-0.4, -0.2) is 14.6 Å². The van der Waals surface area contributed by atoms with Crippen molar-refractivity contribution in [2.45, 2.75) is 0 Å². The molecule has 2 aromatic carbocycles. The van der Waals surface area contributed by atoms with E-state index in [1.807, 2.05) is 48.5 Å². The number of aromatic nitrogens is 3. The van der Waals surface area contributed by atoms with E-state index in [2.05, 4.69) is 10.2 Å². The van der Waals surface area contributed by atoms with Gasteiger partial charge in [0.25, 0.3) is 5.56 Å². The first kappa shape index (κ1) is 14.1. The van der Waals surface area contributed by atoms with E-state index >= 15 is 0 Å². The van der Waals surface area contributed by atoms with Crippen molar-refractivity contribution >= 4 is 34.0 Å². The number of benzene rings is 2. The molecular formula is C17H10ClN3OS. The van der Waals surface area contributed by atoms with E-state index in [0.717, 1.165) is 11.1 Å². The Kier molecular flexibility index (Phi) is 3.44. The molecule has 2 heterocycles. The summed E-state index contributed by atoms with van der Waals surface area (Å²) in [7, 11) is 0. The molecule has 4 aromatic rings. The molecule has 0 N–H and O–H groups in total. The van der Waals surface area contributed by atoms with Crippen molar-refractivity contribution < 1.29 is 0 Å². The molecule has 2 aromatic heterocycles. The lowest BCUT2D eigenvalue weighted by Crippen LogP contribution is -2.23. The Labute approximate surface area is 140 Å². The summed E-state index contributed by atoms with van der Waals surface area (Å²) in [6.45, 7) is 0. The van der Waals surface area contributed by atoms with Gasteiger partial charge in [-0.1, -0.05) is 65.4 Å². The Balaban J connectivity index is 1.91. The third kappa shape index (κ3) is 2.54. The average molecular weight is 340 g/mol. The predicted molar refractivity (Wildman–Crippen MR) is 92.8 cm³/mol. The number of nitrogens with zero attached hydrogens (tertiary/aromatic N) is 3. The van der Waals surface area contributed by atoms with Crippen molar-refractivity contribution in [1.29, 1.82) is 0 Å². The highest BCUT2D eigenvalue weighted by molar-refractivity contribution is 7.15. The maximum absolute atomic E-state index is 12.7. The van der Waals surface area contributed by atoms with Gasteiger partial charge in [-0.15, -0.1) is 10.2 Å². The maximum Gasteiger partial charge on any atom is 0.276 e. The van der Waals surface area contributed by atoms with Gasteiger partial charge in [-0.3, -0.25) is 4.79 Å². The standard InChI is InChI=1S/C17H10ClN3OS/c18-13-8-6-11(7-9-13)10-14-16(22)21-15(19-20-17(21)23-14)12-4-2-1-3-5-12/h1-10H. The summed E-state index contributed by atoms with van der Waals surface area (Å²) in [6.07, 6.45) is 1.84. The Morgan fingerprint density at radius 2 is 1.74 bits per heavy atom. The molecule has 23 heavy (non-hydrogen) atoms. The fraction of sp³-hybridized carbons (Fsp3) is 0. The molecule has 0 aliphatic carbocycles. The van der Waals surface area contributed by atoms with Crippen LogP contribution in [0.2, 0.25) is 5.02 Å². The zero-order chi connectivity index (χ0) is 15.8. The van der Waals surface area contributed by atoms with Crippen molar-refractivity contribution in [3.63, 3.8) is 0 Å². The molecule has 0 unspecified atom stereocenters. The normalized spacial score (nSPS) is 12.1. The number of hydrogen-bond acceptors (Lipinski definition) is 4. The van der Waals surface area contributed by atoms with E-state index in [1.165, 1.54) is 11.3 Å². The molecule has 0 saturated heterocycles. The molecule has 112 valence electrons. The average Bonchev–Trinajstić information content (AvgIpc) is 3.12. The molecule has 0 bridgehead atoms. The zero-order valence-corrected chi connectivity index (χ0v) is 13.4.